The molecule has 13 heavy (non-hydrogen) atoms. The quantitative estimate of drug-likeness (QED) is 0.350. The van der Waals surface area contributed by atoms with E-state index in [4.69, 9.17) is 49.1 Å². The van der Waals surface area contributed by atoms with Gasteiger partial charge in [-0.05, 0) is 0 Å². The first kappa shape index (κ1) is 20.0. The van der Waals surface area contributed by atoms with Gasteiger partial charge in [-0.1, -0.05) is 0 Å². The number of quaternary nitrogens is 2. The van der Waals surface area contributed by atoms with Crippen molar-refractivity contribution in [3.8, 4) is 0 Å². The van der Waals surface area contributed by atoms with Gasteiger partial charge in [-0.15, -0.1) is 0 Å². The molecule has 0 aromatic heterocycles. The van der Waals surface area contributed by atoms with Gasteiger partial charge in [-0.3, -0.25) is 0 Å². The number of hydrogen-bond donors (Lipinski definition) is 4. The number of thiocarbonyl (C=S) groups is 2. The van der Waals surface area contributed by atoms with E-state index in [1.807, 2.05) is 0 Å². The fourth-order valence-corrected chi connectivity index (χ4v) is 0. The van der Waals surface area contributed by atoms with Crippen LogP contribution in [0.5, 0.6) is 0 Å². The van der Waals surface area contributed by atoms with Gasteiger partial charge in [-0.25, -0.2) is 0 Å². The van der Waals surface area contributed by atoms with E-state index in [9.17, 15) is 0 Å². The summed E-state index contributed by atoms with van der Waals surface area (Å²) in [6.07, 6.45) is 0. The van der Waals surface area contributed by atoms with Crippen LogP contribution >= 0.6 is 62.1 Å². The van der Waals surface area contributed by atoms with E-state index in [0.717, 1.165) is 0 Å². The van der Waals surface area contributed by atoms with Gasteiger partial charge in [0.15, 0.2) is 0 Å². The van der Waals surface area contributed by atoms with Crippen molar-refractivity contribution in [3.63, 3.8) is 0 Å². The second-order valence-electron chi connectivity index (χ2n) is 1.20. The zero-order valence-electron chi connectivity index (χ0n) is 6.21. The number of nitrogens with two attached hydrogens (primary N) is 2. The number of hydrogen-bond acceptors (Lipinski definition) is 2. The van der Waals surface area contributed by atoms with Gasteiger partial charge in [-0.2, -0.15) is 0 Å². The summed E-state index contributed by atoms with van der Waals surface area (Å²) in [6, 6.07) is 0. The van der Waals surface area contributed by atoms with E-state index >= 15 is 0 Å². The Morgan fingerprint density at radius 3 is 0.923 bits per heavy atom. The normalized spacial score (nSPS) is 9.69. The van der Waals surface area contributed by atoms with Gasteiger partial charge in [0.25, 0.3) is 10.2 Å². The molecular formula is C2H10Cl4N4PtS2+2. The van der Waals surface area contributed by atoms with Crippen LogP contribution in [0.1, 0.15) is 0 Å². The van der Waals surface area contributed by atoms with Crippen LogP contribution in [0, 0.1) is 0 Å². The Hall–Kier alpha value is 1.55. The molecule has 0 fully saturated rings. The number of rotatable bonds is 0. The molecule has 11 heteroatoms. The molecule has 0 saturated carbocycles. The van der Waals surface area contributed by atoms with Crippen molar-refractivity contribution in [1.82, 2.24) is 0 Å². The first-order valence-corrected chi connectivity index (χ1v) is 14.2. The maximum absolute atomic E-state index is 5.01. The van der Waals surface area contributed by atoms with E-state index in [2.05, 4.69) is 35.9 Å². The Morgan fingerprint density at radius 2 is 0.923 bits per heavy atom. The predicted molar refractivity (Wildman–Crippen MR) is 62.8 cm³/mol. The van der Waals surface area contributed by atoms with Gasteiger partial charge in [0, 0.05) is 24.4 Å². The minimum absolute atomic E-state index is 0.250. The van der Waals surface area contributed by atoms with E-state index < -0.39 is 11.9 Å². The van der Waals surface area contributed by atoms with Gasteiger partial charge in [0.05, 0.1) is 0 Å². The van der Waals surface area contributed by atoms with Crippen LogP contribution in [-0.4, -0.2) is 10.2 Å². The summed E-state index contributed by atoms with van der Waals surface area (Å²) in [7, 11) is 20.0. The Balaban J connectivity index is -0.000000117. The summed E-state index contributed by atoms with van der Waals surface area (Å²) in [4.78, 5) is 0. The molecule has 0 aliphatic carbocycles. The second kappa shape index (κ2) is 11.6. The molecule has 0 unspecified atom stereocenters. The van der Waals surface area contributed by atoms with E-state index in [1.165, 1.54) is 0 Å². The Labute approximate surface area is 106 Å². The summed E-state index contributed by atoms with van der Waals surface area (Å²) in [5, 5.41) is 0.500. The zero-order chi connectivity index (χ0) is 11.7. The Morgan fingerprint density at radius 1 is 0.923 bits per heavy atom. The molecule has 86 valence electrons. The van der Waals surface area contributed by atoms with Gasteiger partial charge < -0.3 is 22.9 Å². The molecular weight excluding hydrogens is 481 g/mol. The molecule has 0 aliphatic heterocycles. The molecule has 0 atom stereocenters. The van der Waals surface area contributed by atoms with Gasteiger partial charge in [0.1, 0.15) is 0 Å². The average Bonchev–Trinajstić information content (AvgIpc) is 1.50. The van der Waals surface area contributed by atoms with Crippen LogP contribution < -0.4 is 22.9 Å². The van der Waals surface area contributed by atoms with E-state index in [-0.39, 0.29) is 10.2 Å². The summed E-state index contributed by atoms with van der Waals surface area (Å²) >= 11 is 5.35. The van der Waals surface area contributed by atoms with Crippen LogP contribution in [0.2, 0.25) is 0 Å². The van der Waals surface area contributed by atoms with Crippen LogP contribution in [0.3, 0.4) is 0 Å². The Bertz CT molecular complexity index is 135. The van der Waals surface area contributed by atoms with Crippen molar-refractivity contribution in [1.29, 1.82) is 0 Å². The third-order valence-corrected chi connectivity index (χ3v) is 0. The summed E-state index contributed by atoms with van der Waals surface area (Å²) in [5.74, 6) is 0. The average molecular weight is 491 g/mol. The summed E-state index contributed by atoms with van der Waals surface area (Å²) in [6.45, 7) is 0. The second-order valence-corrected chi connectivity index (χ2v) is 21.9. The van der Waals surface area contributed by atoms with Crippen LogP contribution in [0.25, 0.3) is 0 Å². The zero-order valence-corrected chi connectivity index (χ0v) is 13.1. The molecule has 0 aliphatic rings. The third-order valence-electron chi connectivity index (χ3n) is 0. The van der Waals surface area contributed by atoms with Crippen molar-refractivity contribution >= 4 is 72.3 Å². The molecule has 0 heterocycles. The molecule has 0 aromatic rings. The van der Waals surface area contributed by atoms with Gasteiger partial charge in [0.2, 0.25) is 0 Å². The van der Waals surface area contributed by atoms with Crippen molar-refractivity contribution in [2.75, 3.05) is 0 Å². The minimum atomic E-state index is -3.06. The fourth-order valence-electron chi connectivity index (χ4n) is 0. The van der Waals surface area contributed by atoms with Crippen LogP contribution in [0.15, 0.2) is 0 Å². The maximum atomic E-state index is 5.01. The molecule has 0 spiro atoms. The van der Waals surface area contributed by atoms with Crippen molar-refractivity contribution < 1.29 is 23.4 Å². The van der Waals surface area contributed by atoms with E-state index in [0.29, 0.717) is 0 Å². The molecule has 10 N–H and O–H groups in total. The molecule has 4 nitrogen and oxygen atoms in total. The fraction of sp³-hybridized carbons (Fsp3) is 0. The van der Waals surface area contributed by atoms with Crippen LogP contribution in [0.4, 0.5) is 0 Å². The van der Waals surface area contributed by atoms with Crippen LogP contribution in [-0.2, 0) is 11.9 Å². The molecule has 0 bridgehead atoms. The first-order chi connectivity index (χ1) is 5.46. The van der Waals surface area contributed by atoms with E-state index in [1.54, 1.807) is 0 Å². The predicted octanol–water partition coefficient (Wildman–Crippen LogP) is -0.301. The van der Waals surface area contributed by atoms with Gasteiger partial charge >= 0.3 is 49.6 Å². The third kappa shape index (κ3) is 754. The van der Waals surface area contributed by atoms with Crippen molar-refractivity contribution in [3.05, 3.63) is 0 Å². The molecule has 0 radical (unpaired) electrons. The van der Waals surface area contributed by atoms with Crippen molar-refractivity contribution in [2.45, 2.75) is 0 Å². The molecule has 0 saturated heterocycles. The summed E-state index contributed by atoms with van der Waals surface area (Å²) in [5.41, 5.74) is 15.8. The summed E-state index contributed by atoms with van der Waals surface area (Å²) < 4.78 is 0. The standard InChI is InChI=1S/2CH4N2S.4ClH.Pt/c2*2-1(3)4;;;;;/h2*(H4,2,3,4);4*1H;/q;;;;;;+4/p-2. The SMILES string of the molecule is NC([NH3+])=S.NC([NH3+])=S.[Cl][Pt]([Cl])([Cl])[Cl]. The molecule has 0 amide bonds. The monoisotopic (exact) mass is 489 g/mol. The molecule has 0 aromatic carbocycles. The number of halogens is 4. The van der Waals surface area contributed by atoms with Crippen molar-refractivity contribution in [2.24, 2.45) is 11.5 Å². The Kier molecular flexibility index (Phi) is 17.9. The molecule has 0 rings (SSSR count). The first-order valence-electron chi connectivity index (χ1n) is 2.17. The topological polar surface area (TPSA) is 107 Å².